The number of nitrogens with two attached hydrogens (primary N) is 1. The van der Waals surface area contributed by atoms with Crippen molar-refractivity contribution in [3.8, 4) is 11.4 Å². The minimum Gasteiger partial charge on any atom is -0.368 e. The molecule has 2 aromatic heterocycles. The summed E-state index contributed by atoms with van der Waals surface area (Å²) in [6, 6.07) is 0. The molecule has 7 heteroatoms. The van der Waals surface area contributed by atoms with Crippen LogP contribution in [0.25, 0.3) is 11.4 Å². The van der Waals surface area contributed by atoms with Crippen molar-refractivity contribution in [1.82, 2.24) is 24.7 Å². The van der Waals surface area contributed by atoms with Gasteiger partial charge in [0.25, 0.3) is 0 Å². The first kappa shape index (κ1) is 10.3. The van der Waals surface area contributed by atoms with Crippen molar-refractivity contribution in [2.75, 3.05) is 5.73 Å². The molecular weight excluding hydrogens is 208 g/mol. The predicted octanol–water partition coefficient (Wildman–Crippen LogP) is -0.236. The van der Waals surface area contributed by atoms with E-state index in [9.17, 15) is 4.79 Å². The Balaban J connectivity index is 2.71. The van der Waals surface area contributed by atoms with Crippen LogP contribution < -0.4 is 11.4 Å². The maximum Gasteiger partial charge on any atom is 0.349 e. The van der Waals surface area contributed by atoms with Crippen LogP contribution in [0.1, 0.15) is 11.4 Å². The fourth-order valence-electron chi connectivity index (χ4n) is 1.64. The van der Waals surface area contributed by atoms with Gasteiger partial charge in [-0.3, -0.25) is 9.67 Å². The number of aromatic amines is 1. The van der Waals surface area contributed by atoms with E-state index in [1.54, 1.807) is 4.68 Å². The molecule has 2 aromatic rings. The smallest absolute Gasteiger partial charge is 0.349 e. The van der Waals surface area contributed by atoms with Gasteiger partial charge in [0.2, 0.25) is 5.95 Å². The molecule has 0 atom stereocenters. The number of hydrogen-bond donors (Lipinski definition) is 2. The van der Waals surface area contributed by atoms with Gasteiger partial charge in [0.05, 0.1) is 11.3 Å². The molecular formula is C9H12N6O. The first-order valence-electron chi connectivity index (χ1n) is 4.73. The highest BCUT2D eigenvalue weighted by molar-refractivity contribution is 5.61. The second-order valence-corrected chi connectivity index (χ2v) is 3.53. The third-order valence-corrected chi connectivity index (χ3v) is 2.41. The second-order valence-electron chi connectivity index (χ2n) is 3.53. The normalized spacial score (nSPS) is 10.7. The number of anilines is 1. The Morgan fingerprint density at radius 3 is 2.50 bits per heavy atom. The minimum atomic E-state index is -0.509. The van der Waals surface area contributed by atoms with Gasteiger partial charge in [0, 0.05) is 12.7 Å². The number of nitrogen functional groups attached to an aromatic ring is 1. The molecule has 0 aliphatic rings. The van der Waals surface area contributed by atoms with Crippen molar-refractivity contribution in [2.24, 2.45) is 7.05 Å². The summed E-state index contributed by atoms with van der Waals surface area (Å²) >= 11 is 0. The Labute approximate surface area is 91.4 Å². The first-order valence-corrected chi connectivity index (χ1v) is 4.73. The molecule has 7 nitrogen and oxygen atoms in total. The lowest BCUT2D eigenvalue weighted by molar-refractivity contribution is 0.731. The third-order valence-electron chi connectivity index (χ3n) is 2.41. The predicted molar refractivity (Wildman–Crippen MR) is 58.7 cm³/mol. The molecule has 0 amide bonds. The van der Waals surface area contributed by atoms with E-state index in [0.717, 1.165) is 17.0 Å². The number of hydrogen-bond acceptors (Lipinski definition) is 5. The topological polar surface area (TPSA) is 102 Å². The van der Waals surface area contributed by atoms with Crippen LogP contribution in [0.4, 0.5) is 5.95 Å². The standard InChI is InChI=1S/C9H12N6O/c1-4-6(5(2)15(3)14-4)7-11-8(10)13-9(16)12-7/h1-3H3,(H3,10,11,12,13,16). The SMILES string of the molecule is Cc1nn(C)c(C)c1-c1nc(N)nc(=O)[nH]1. The number of aryl methyl sites for hydroxylation is 2. The van der Waals surface area contributed by atoms with Gasteiger partial charge < -0.3 is 5.73 Å². The summed E-state index contributed by atoms with van der Waals surface area (Å²) in [5, 5.41) is 4.24. The molecule has 0 aromatic carbocycles. The van der Waals surface area contributed by atoms with Crippen LogP contribution in [0.3, 0.4) is 0 Å². The van der Waals surface area contributed by atoms with Gasteiger partial charge in [-0.05, 0) is 13.8 Å². The Morgan fingerprint density at radius 1 is 1.31 bits per heavy atom. The Kier molecular flexibility index (Phi) is 2.22. The maximum atomic E-state index is 11.2. The van der Waals surface area contributed by atoms with Gasteiger partial charge in [-0.15, -0.1) is 0 Å². The number of nitrogens with zero attached hydrogens (tertiary/aromatic N) is 4. The van der Waals surface area contributed by atoms with Crippen LogP contribution >= 0.6 is 0 Å². The van der Waals surface area contributed by atoms with Crippen molar-refractivity contribution in [3.05, 3.63) is 21.9 Å². The summed E-state index contributed by atoms with van der Waals surface area (Å²) in [5.74, 6) is 0.363. The first-order chi connectivity index (χ1) is 7.49. The van der Waals surface area contributed by atoms with Crippen LogP contribution in [0, 0.1) is 13.8 Å². The number of aromatic nitrogens is 5. The summed E-state index contributed by atoms with van der Waals surface area (Å²) in [5.41, 5.74) is 7.41. The molecule has 84 valence electrons. The third kappa shape index (κ3) is 1.56. The summed E-state index contributed by atoms with van der Waals surface area (Å²) in [6.07, 6.45) is 0. The molecule has 0 aliphatic carbocycles. The summed E-state index contributed by atoms with van der Waals surface area (Å²) < 4.78 is 1.72. The Bertz CT molecular complexity index is 597. The van der Waals surface area contributed by atoms with E-state index in [4.69, 9.17) is 5.73 Å². The van der Waals surface area contributed by atoms with E-state index in [1.165, 1.54) is 0 Å². The van der Waals surface area contributed by atoms with Crippen LogP contribution in [0.2, 0.25) is 0 Å². The monoisotopic (exact) mass is 220 g/mol. The largest absolute Gasteiger partial charge is 0.368 e. The molecule has 0 radical (unpaired) electrons. The zero-order valence-corrected chi connectivity index (χ0v) is 9.27. The zero-order valence-electron chi connectivity index (χ0n) is 9.27. The molecule has 0 saturated carbocycles. The molecule has 3 N–H and O–H groups in total. The molecule has 0 aliphatic heterocycles. The van der Waals surface area contributed by atoms with Crippen LogP contribution in [0.5, 0.6) is 0 Å². The molecule has 0 bridgehead atoms. The summed E-state index contributed by atoms with van der Waals surface area (Å²) in [6.45, 7) is 3.74. The van der Waals surface area contributed by atoms with Crippen LogP contribution in [-0.4, -0.2) is 24.7 Å². The average molecular weight is 220 g/mol. The number of nitrogens with one attached hydrogen (secondary N) is 1. The highest BCUT2D eigenvalue weighted by atomic mass is 16.1. The van der Waals surface area contributed by atoms with Crippen LogP contribution in [0.15, 0.2) is 4.79 Å². The lowest BCUT2D eigenvalue weighted by atomic mass is 10.2. The molecule has 2 heterocycles. The van der Waals surface area contributed by atoms with Gasteiger partial charge in [-0.25, -0.2) is 4.79 Å². The Hall–Kier alpha value is -2.18. The fourth-order valence-corrected chi connectivity index (χ4v) is 1.64. The minimum absolute atomic E-state index is 0.0404. The molecule has 0 spiro atoms. The Morgan fingerprint density at radius 2 is 2.00 bits per heavy atom. The lowest BCUT2D eigenvalue weighted by Gasteiger charge is -2.01. The van der Waals surface area contributed by atoms with Gasteiger partial charge in [0.1, 0.15) is 5.82 Å². The van der Waals surface area contributed by atoms with E-state index in [-0.39, 0.29) is 5.95 Å². The highest BCUT2D eigenvalue weighted by Crippen LogP contribution is 2.22. The van der Waals surface area contributed by atoms with Crippen molar-refractivity contribution >= 4 is 5.95 Å². The van der Waals surface area contributed by atoms with Crippen molar-refractivity contribution < 1.29 is 0 Å². The van der Waals surface area contributed by atoms with Crippen molar-refractivity contribution in [1.29, 1.82) is 0 Å². The summed E-state index contributed by atoms with van der Waals surface area (Å²) in [4.78, 5) is 21.2. The number of H-pyrrole nitrogens is 1. The quantitative estimate of drug-likeness (QED) is 0.690. The van der Waals surface area contributed by atoms with Crippen molar-refractivity contribution in [3.63, 3.8) is 0 Å². The van der Waals surface area contributed by atoms with Crippen molar-refractivity contribution in [2.45, 2.75) is 13.8 Å². The average Bonchev–Trinajstić information content (AvgIpc) is 2.39. The second kappa shape index (κ2) is 3.44. The molecule has 16 heavy (non-hydrogen) atoms. The fraction of sp³-hybridized carbons (Fsp3) is 0.333. The van der Waals surface area contributed by atoms with Gasteiger partial charge in [-0.1, -0.05) is 0 Å². The van der Waals surface area contributed by atoms with Gasteiger partial charge in [0.15, 0.2) is 0 Å². The molecule has 2 rings (SSSR count). The maximum absolute atomic E-state index is 11.2. The van der Waals surface area contributed by atoms with Gasteiger partial charge in [-0.2, -0.15) is 15.1 Å². The van der Waals surface area contributed by atoms with E-state index in [0.29, 0.717) is 5.82 Å². The molecule has 0 fully saturated rings. The lowest BCUT2D eigenvalue weighted by Crippen LogP contribution is -2.15. The van der Waals surface area contributed by atoms with E-state index in [1.807, 2.05) is 20.9 Å². The zero-order chi connectivity index (χ0) is 11.9. The summed E-state index contributed by atoms with van der Waals surface area (Å²) in [7, 11) is 1.83. The van der Waals surface area contributed by atoms with Crippen LogP contribution in [-0.2, 0) is 7.05 Å². The van der Waals surface area contributed by atoms with Gasteiger partial charge >= 0.3 is 5.69 Å². The van der Waals surface area contributed by atoms with E-state index >= 15 is 0 Å². The van der Waals surface area contributed by atoms with E-state index in [2.05, 4.69) is 20.1 Å². The number of rotatable bonds is 1. The van der Waals surface area contributed by atoms with E-state index < -0.39 is 5.69 Å². The molecule has 0 saturated heterocycles. The molecule has 0 unspecified atom stereocenters. The highest BCUT2D eigenvalue weighted by Gasteiger charge is 2.14.